The Morgan fingerprint density at radius 2 is 1.95 bits per heavy atom. The van der Waals surface area contributed by atoms with Gasteiger partial charge in [0.2, 0.25) is 0 Å². The Morgan fingerprint density at radius 3 is 2.73 bits per heavy atom. The lowest BCUT2D eigenvalue weighted by atomic mass is 10.2. The number of hydrogen-bond donors (Lipinski definition) is 1. The maximum Gasteiger partial charge on any atom is 0.254 e. The van der Waals surface area contributed by atoms with Crippen LogP contribution in [0.2, 0.25) is 0 Å². The molecule has 4 nitrogen and oxygen atoms in total. The second-order valence-corrected chi connectivity index (χ2v) is 5.74. The summed E-state index contributed by atoms with van der Waals surface area (Å²) in [4.78, 5) is 23.4. The number of unbranched alkanes of at least 4 members (excludes halogenated alkanes) is 1. The van der Waals surface area contributed by atoms with E-state index in [0.717, 1.165) is 10.9 Å². The Morgan fingerprint density at radius 1 is 1.18 bits per heavy atom. The predicted molar refractivity (Wildman–Crippen MR) is 86.4 cm³/mol. The minimum Gasteiger partial charge on any atom is -0.352 e. The summed E-state index contributed by atoms with van der Waals surface area (Å²) in [5.41, 5.74) is -0.00991. The first kappa shape index (κ1) is 16.4. The van der Waals surface area contributed by atoms with E-state index in [0.29, 0.717) is 19.5 Å². The van der Waals surface area contributed by atoms with Crippen molar-refractivity contribution in [2.45, 2.75) is 19.4 Å². The van der Waals surface area contributed by atoms with E-state index in [1.54, 1.807) is 29.0 Å². The van der Waals surface area contributed by atoms with Gasteiger partial charge < -0.3 is 9.88 Å². The molecule has 1 aromatic carbocycles. The smallest absolute Gasteiger partial charge is 0.254 e. The van der Waals surface area contributed by atoms with Crippen LogP contribution in [0.25, 0.3) is 0 Å². The normalized spacial score (nSPS) is 10.5. The van der Waals surface area contributed by atoms with Crippen molar-refractivity contribution in [3.8, 4) is 0 Å². The summed E-state index contributed by atoms with van der Waals surface area (Å²) in [6.45, 7) is 1.02. The average molecular weight is 367 g/mol. The van der Waals surface area contributed by atoms with Crippen molar-refractivity contribution in [2.24, 2.45) is 0 Å². The Bertz CT molecular complexity index is 715. The molecule has 1 heterocycles. The van der Waals surface area contributed by atoms with Gasteiger partial charge in [0.05, 0.1) is 5.56 Å². The summed E-state index contributed by atoms with van der Waals surface area (Å²) in [6, 6.07) is 9.08. The number of amides is 1. The maximum atomic E-state index is 13.4. The molecular weight excluding hydrogens is 351 g/mol. The van der Waals surface area contributed by atoms with E-state index < -0.39 is 11.7 Å². The molecule has 0 spiro atoms. The van der Waals surface area contributed by atoms with Gasteiger partial charge in [-0.15, -0.1) is 0 Å². The molecule has 0 radical (unpaired) electrons. The highest BCUT2D eigenvalue weighted by Crippen LogP contribution is 2.07. The molecule has 1 N–H and O–H groups in total. The number of aromatic nitrogens is 1. The number of nitrogens with zero attached hydrogens (tertiary/aromatic N) is 1. The molecule has 0 saturated carbocycles. The zero-order valence-electron chi connectivity index (χ0n) is 11.9. The van der Waals surface area contributed by atoms with Crippen molar-refractivity contribution in [1.82, 2.24) is 9.88 Å². The fourth-order valence-electron chi connectivity index (χ4n) is 2.03. The van der Waals surface area contributed by atoms with Gasteiger partial charge in [-0.25, -0.2) is 4.39 Å². The molecule has 0 atom stereocenters. The molecule has 1 aromatic heterocycles. The third-order valence-corrected chi connectivity index (χ3v) is 3.65. The fourth-order valence-corrected chi connectivity index (χ4v) is 2.41. The Kier molecular flexibility index (Phi) is 5.89. The average Bonchev–Trinajstić information content (AvgIpc) is 2.50. The van der Waals surface area contributed by atoms with E-state index in [4.69, 9.17) is 0 Å². The minimum absolute atomic E-state index is 0.0470. The summed E-state index contributed by atoms with van der Waals surface area (Å²) >= 11 is 3.32. The quantitative estimate of drug-likeness (QED) is 0.799. The van der Waals surface area contributed by atoms with E-state index in [1.165, 1.54) is 18.2 Å². The van der Waals surface area contributed by atoms with Crippen molar-refractivity contribution in [3.05, 3.63) is 68.8 Å². The van der Waals surface area contributed by atoms with E-state index in [-0.39, 0.29) is 11.1 Å². The molecule has 6 heteroatoms. The molecule has 0 aliphatic heterocycles. The van der Waals surface area contributed by atoms with E-state index >= 15 is 0 Å². The van der Waals surface area contributed by atoms with Crippen LogP contribution in [0.15, 0.2) is 51.9 Å². The largest absolute Gasteiger partial charge is 0.352 e. The third kappa shape index (κ3) is 4.53. The van der Waals surface area contributed by atoms with E-state index in [9.17, 15) is 14.0 Å². The van der Waals surface area contributed by atoms with E-state index in [2.05, 4.69) is 21.2 Å². The second kappa shape index (κ2) is 7.89. The van der Waals surface area contributed by atoms with Crippen LogP contribution >= 0.6 is 15.9 Å². The first-order valence-corrected chi connectivity index (χ1v) is 7.76. The second-order valence-electron chi connectivity index (χ2n) is 4.82. The van der Waals surface area contributed by atoms with Gasteiger partial charge in [-0.3, -0.25) is 9.59 Å². The van der Waals surface area contributed by atoms with Crippen molar-refractivity contribution in [2.75, 3.05) is 6.54 Å². The van der Waals surface area contributed by atoms with Crippen molar-refractivity contribution < 1.29 is 9.18 Å². The summed E-state index contributed by atoms with van der Waals surface area (Å²) in [5, 5.41) is 2.68. The summed E-state index contributed by atoms with van der Waals surface area (Å²) in [6.07, 6.45) is 3.19. The van der Waals surface area contributed by atoms with Gasteiger partial charge in [-0.05, 0) is 47.0 Å². The number of benzene rings is 1. The molecule has 2 rings (SSSR count). The number of pyridine rings is 1. The number of rotatable bonds is 6. The minimum atomic E-state index is -0.527. The molecule has 0 aliphatic rings. The number of nitrogens with one attached hydrogen (secondary N) is 1. The number of carbonyl (C=O) groups excluding carboxylic acids is 1. The number of aryl methyl sites for hydroxylation is 1. The SMILES string of the molecule is O=C(NCCCCn1cc(Br)ccc1=O)c1ccccc1F. The van der Waals surface area contributed by atoms with Gasteiger partial charge in [-0.1, -0.05) is 12.1 Å². The van der Waals surface area contributed by atoms with E-state index in [1.807, 2.05) is 0 Å². The van der Waals surface area contributed by atoms with Gasteiger partial charge in [-0.2, -0.15) is 0 Å². The van der Waals surface area contributed by atoms with Crippen LogP contribution in [0, 0.1) is 5.82 Å². The predicted octanol–water partition coefficient (Wildman–Crippen LogP) is 2.96. The van der Waals surface area contributed by atoms with Crippen LogP contribution < -0.4 is 10.9 Å². The molecule has 0 aliphatic carbocycles. The molecule has 0 fully saturated rings. The molecule has 0 saturated heterocycles. The maximum absolute atomic E-state index is 13.4. The molecule has 2 aromatic rings. The summed E-state index contributed by atoms with van der Waals surface area (Å²) < 4.78 is 15.9. The lowest BCUT2D eigenvalue weighted by Gasteiger charge is -2.07. The van der Waals surface area contributed by atoms with Crippen LogP contribution in [0.4, 0.5) is 4.39 Å². The van der Waals surface area contributed by atoms with Crippen LogP contribution in [-0.2, 0) is 6.54 Å². The molecule has 116 valence electrons. The zero-order chi connectivity index (χ0) is 15.9. The lowest BCUT2D eigenvalue weighted by molar-refractivity contribution is 0.0949. The molecule has 22 heavy (non-hydrogen) atoms. The summed E-state index contributed by atoms with van der Waals surface area (Å²) in [5.74, 6) is -0.946. The topological polar surface area (TPSA) is 51.1 Å². The molecule has 0 unspecified atom stereocenters. The Hall–Kier alpha value is -1.95. The lowest BCUT2D eigenvalue weighted by Crippen LogP contribution is -2.26. The van der Waals surface area contributed by atoms with Crippen molar-refractivity contribution >= 4 is 21.8 Å². The van der Waals surface area contributed by atoms with Crippen LogP contribution in [0.3, 0.4) is 0 Å². The highest BCUT2D eigenvalue weighted by atomic mass is 79.9. The van der Waals surface area contributed by atoms with Gasteiger partial charge in [0.25, 0.3) is 11.5 Å². The first-order chi connectivity index (χ1) is 10.6. The Labute approximate surface area is 136 Å². The monoisotopic (exact) mass is 366 g/mol. The molecule has 1 amide bonds. The van der Waals surface area contributed by atoms with Gasteiger partial charge in [0.15, 0.2) is 0 Å². The fraction of sp³-hybridized carbons (Fsp3) is 0.250. The van der Waals surface area contributed by atoms with Gasteiger partial charge >= 0.3 is 0 Å². The molecule has 0 bridgehead atoms. The molecular formula is C16H16BrFN2O2. The highest BCUT2D eigenvalue weighted by molar-refractivity contribution is 9.10. The van der Waals surface area contributed by atoms with Gasteiger partial charge in [0.1, 0.15) is 5.82 Å². The summed E-state index contributed by atoms with van der Waals surface area (Å²) in [7, 11) is 0. The standard InChI is InChI=1S/C16H16BrFN2O2/c17-12-7-8-15(21)20(11-12)10-4-3-9-19-16(22)13-5-1-2-6-14(13)18/h1-2,5-8,11H,3-4,9-10H2,(H,19,22). The first-order valence-electron chi connectivity index (χ1n) is 6.96. The van der Waals surface area contributed by atoms with Crippen LogP contribution in [0.5, 0.6) is 0 Å². The zero-order valence-corrected chi connectivity index (χ0v) is 13.5. The number of carbonyl (C=O) groups is 1. The van der Waals surface area contributed by atoms with Gasteiger partial charge in [0, 0.05) is 29.8 Å². The number of halogens is 2. The Balaban J connectivity index is 1.76. The van der Waals surface area contributed by atoms with Crippen LogP contribution in [0.1, 0.15) is 23.2 Å². The van der Waals surface area contributed by atoms with Crippen molar-refractivity contribution in [3.63, 3.8) is 0 Å². The van der Waals surface area contributed by atoms with Crippen molar-refractivity contribution in [1.29, 1.82) is 0 Å². The van der Waals surface area contributed by atoms with Crippen LogP contribution in [-0.4, -0.2) is 17.0 Å². The highest BCUT2D eigenvalue weighted by Gasteiger charge is 2.09. The number of hydrogen-bond acceptors (Lipinski definition) is 2. The third-order valence-electron chi connectivity index (χ3n) is 3.18.